The van der Waals surface area contributed by atoms with E-state index in [0.717, 1.165) is 30.9 Å². The van der Waals surface area contributed by atoms with E-state index in [2.05, 4.69) is 9.88 Å². The van der Waals surface area contributed by atoms with E-state index < -0.39 is 5.97 Å². The third kappa shape index (κ3) is 2.19. The molecule has 5 heteroatoms. The summed E-state index contributed by atoms with van der Waals surface area (Å²) in [5.74, 6) is -0.882. The lowest BCUT2D eigenvalue weighted by atomic mass is 10.1. The van der Waals surface area contributed by atoms with E-state index in [-0.39, 0.29) is 0 Å². The zero-order chi connectivity index (χ0) is 13.4. The standard InChI is InChI=1S/C14H15N3O2/c1-16-7-12(15-9-16)8-17-5-4-10-2-3-11(14(18)19)6-13(10)17/h2-3,6-7,9H,4-5,8H2,1H3,(H,18,19). The SMILES string of the molecule is Cn1cnc(CN2CCc3ccc(C(=O)O)cc32)c1. The lowest BCUT2D eigenvalue weighted by Gasteiger charge is -2.18. The zero-order valence-corrected chi connectivity index (χ0v) is 10.7. The summed E-state index contributed by atoms with van der Waals surface area (Å²) in [6, 6.07) is 5.34. The number of carboxylic acid groups (broad SMARTS) is 1. The maximum atomic E-state index is 11.0. The van der Waals surface area contributed by atoms with Gasteiger partial charge in [-0.05, 0) is 24.1 Å². The fourth-order valence-corrected chi connectivity index (χ4v) is 2.49. The largest absolute Gasteiger partial charge is 0.478 e. The van der Waals surface area contributed by atoms with E-state index in [4.69, 9.17) is 5.11 Å². The molecule has 0 unspecified atom stereocenters. The summed E-state index contributed by atoms with van der Waals surface area (Å²) in [6.45, 7) is 1.63. The van der Waals surface area contributed by atoms with E-state index in [1.165, 1.54) is 5.56 Å². The van der Waals surface area contributed by atoms with Gasteiger partial charge in [0.2, 0.25) is 0 Å². The minimum atomic E-state index is -0.882. The molecule has 3 rings (SSSR count). The Labute approximate surface area is 111 Å². The van der Waals surface area contributed by atoms with Crippen LogP contribution < -0.4 is 4.90 Å². The van der Waals surface area contributed by atoms with Crippen LogP contribution in [0.2, 0.25) is 0 Å². The molecule has 0 atom stereocenters. The number of hydrogen-bond acceptors (Lipinski definition) is 3. The summed E-state index contributed by atoms with van der Waals surface area (Å²) in [5.41, 5.74) is 3.56. The summed E-state index contributed by atoms with van der Waals surface area (Å²) in [4.78, 5) is 17.5. The average molecular weight is 257 g/mol. The van der Waals surface area contributed by atoms with Gasteiger partial charge in [-0.25, -0.2) is 9.78 Å². The summed E-state index contributed by atoms with van der Waals surface area (Å²) >= 11 is 0. The topological polar surface area (TPSA) is 58.4 Å². The molecule has 0 aliphatic carbocycles. The maximum absolute atomic E-state index is 11.0. The number of carboxylic acids is 1. The Morgan fingerprint density at radius 3 is 3.00 bits per heavy atom. The number of rotatable bonds is 3. The van der Waals surface area contributed by atoms with E-state index in [9.17, 15) is 4.79 Å². The number of fused-ring (bicyclic) bond motifs is 1. The summed E-state index contributed by atoms with van der Waals surface area (Å²) in [6.07, 6.45) is 4.72. The van der Waals surface area contributed by atoms with Crippen LogP contribution in [0.4, 0.5) is 5.69 Å². The molecule has 0 spiro atoms. The van der Waals surface area contributed by atoms with E-state index in [1.54, 1.807) is 18.5 Å². The van der Waals surface area contributed by atoms with Crippen LogP contribution in [0.25, 0.3) is 0 Å². The predicted molar refractivity (Wildman–Crippen MR) is 71.4 cm³/mol. The van der Waals surface area contributed by atoms with Gasteiger partial charge in [0, 0.05) is 25.5 Å². The first-order chi connectivity index (χ1) is 9.13. The normalized spacial score (nSPS) is 13.6. The minimum absolute atomic E-state index is 0.340. The fraction of sp³-hybridized carbons (Fsp3) is 0.286. The quantitative estimate of drug-likeness (QED) is 0.909. The monoisotopic (exact) mass is 257 g/mol. The molecule has 0 bridgehead atoms. The molecular weight excluding hydrogens is 242 g/mol. The highest BCUT2D eigenvalue weighted by Gasteiger charge is 2.21. The molecule has 0 saturated heterocycles. The van der Waals surface area contributed by atoms with Crippen molar-refractivity contribution in [3.63, 3.8) is 0 Å². The molecule has 0 amide bonds. The lowest BCUT2D eigenvalue weighted by Crippen LogP contribution is -2.20. The van der Waals surface area contributed by atoms with E-state index in [0.29, 0.717) is 5.56 Å². The Balaban J connectivity index is 1.88. The molecule has 0 radical (unpaired) electrons. The molecule has 1 aromatic heterocycles. The Bertz CT molecular complexity index is 633. The van der Waals surface area contributed by atoms with E-state index >= 15 is 0 Å². The number of benzene rings is 1. The number of carbonyl (C=O) groups is 1. The summed E-state index contributed by atoms with van der Waals surface area (Å²) in [5, 5.41) is 9.06. The van der Waals surface area contributed by atoms with Gasteiger partial charge in [-0.15, -0.1) is 0 Å². The van der Waals surface area contributed by atoms with Crippen LogP contribution in [0.3, 0.4) is 0 Å². The number of nitrogens with zero attached hydrogens (tertiary/aromatic N) is 3. The van der Waals surface area contributed by atoms with Gasteiger partial charge in [-0.2, -0.15) is 0 Å². The number of aromatic nitrogens is 2. The van der Waals surface area contributed by atoms with Gasteiger partial charge in [0.15, 0.2) is 0 Å². The maximum Gasteiger partial charge on any atom is 0.335 e. The van der Waals surface area contributed by atoms with Gasteiger partial charge in [0.25, 0.3) is 0 Å². The van der Waals surface area contributed by atoms with Crippen molar-refractivity contribution in [1.29, 1.82) is 0 Å². The van der Waals surface area contributed by atoms with Gasteiger partial charge in [-0.3, -0.25) is 0 Å². The minimum Gasteiger partial charge on any atom is -0.478 e. The second-order valence-corrected chi connectivity index (χ2v) is 4.85. The smallest absolute Gasteiger partial charge is 0.335 e. The first-order valence-corrected chi connectivity index (χ1v) is 6.21. The van der Waals surface area contributed by atoms with Gasteiger partial charge in [0.05, 0.1) is 24.1 Å². The molecule has 2 heterocycles. The van der Waals surface area contributed by atoms with Crippen LogP contribution in [-0.4, -0.2) is 27.2 Å². The van der Waals surface area contributed by atoms with Crippen LogP contribution in [0.15, 0.2) is 30.7 Å². The highest BCUT2D eigenvalue weighted by molar-refractivity contribution is 5.89. The van der Waals surface area contributed by atoms with Crippen molar-refractivity contribution < 1.29 is 9.90 Å². The summed E-state index contributed by atoms with van der Waals surface area (Å²) < 4.78 is 1.92. The number of imidazole rings is 1. The predicted octanol–water partition coefficient (Wildman–Crippen LogP) is 1.68. The van der Waals surface area contributed by atoms with Gasteiger partial charge in [0.1, 0.15) is 0 Å². The van der Waals surface area contributed by atoms with Crippen molar-refractivity contribution in [2.75, 3.05) is 11.4 Å². The highest BCUT2D eigenvalue weighted by atomic mass is 16.4. The van der Waals surface area contributed by atoms with E-state index in [1.807, 2.05) is 23.9 Å². The van der Waals surface area contributed by atoms with Gasteiger partial charge in [-0.1, -0.05) is 6.07 Å². The first-order valence-electron chi connectivity index (χ1n) is 6.21. The zero-order valence-electron chi connectivity index (χ0n) is 10.7. The first kappa shape index (κ1) is 11.8. The number of aromatic carboxylic acids is 1. The van der Waals surface area contributed by atoms with Gasteiger partial charge >= 0.3 is 5.97 Å². The lowest BCUT2D eigenvalue weighted by molar-refractivity contribution is 0.0697. The number of aryl methyl sites for hydroxylation is 1. The fourth-order valence-electron chi connectivity index (χ4n) is 2.49. The van der Waals surface area contributed by atoms with Gasteiger partial charge < -0.3 is 14.6 Å². The van der Waals surface area contributed by atoms with Crippen molar-refractivity contribution in [2.45, 2.75) is 13.0 Å². The van der Waals surface area contributed by atoms with Crippen molar-refractivity contribution in [3.8, 4) is 0 Å². The molecule has 2 aromatic rings. The molecule has 1 aliphatic heterocycles. The number of hydrogen-bond donors (Lipinski definition) is 1. The Hall–Kier alpha value is -2.30. The molecule has 19 heavy (non-hydrogen) atoms. The molecule has 1 aliphatic rings. The third-order valence-electron chi connectivity index (χ3n) is 3.44. The molecular formula is C14H15N3O2. The Morgan fingerprint density at radius 2 is 2.32 bits per heavy atom. The molecule has 98 valence electrons. The second-order valence-electron chi connectivity index (χ2n) is 4.85. The molecule has 5 nitrogen and oxygen atoms in total. The summed E-state index contributed by atoms with van der Waals surface area (Å²) in [7, 11) is 1.94. The average Bonchev–Trinajstić information content (AvgIpc) is 2.96. The van der Waals surface area contributed by atoms with Crippen LogP contribution in [-0.2, 0) is 20.0 Å². The van der Waals surface area contributed by atoms with Crippen molar-refractivity contribution in [1.82, 2.24) is 9.55 Å². The van der Waals surface area contributed by atoms with Crippen molar-refractivity contribution in [2.24, 2.45) is 7.05 Å². The molecule has 1 N–H and O–H groups in total. The number of anilines is 1. The van der Waals surface area contributed by atoms with Crippen LogP contribution in [0.1, 0.15) is 21.6 Å². The molecule has 0 saturated carbocycles. The Morgan fingerprint density at radius 1 is 1.47 bits per heavy atom. The van der Waals surface area contributed by atoms with Crippen LogP contribution in [0, 0.1) is 0 Å². The molecule has 0 fully saturated rings. The third-order valence-corrected chi connectivity index (χ3v) is 3.44. The molecule has 1 aromatic carbocycles. The van der Waals surface area contributed by atoms with Crippen molar-refractivity contribution >= 4 is 11.7 Å². The van der Waals surface area contributed by atoms with Crippen LogP contribution >= 0.6 is 0 Å². The highest BCUT2D eigenvalue weighted by Crippen LogP contribution is 2.30. The Kier molecular flexibility index (Phi) is 2.74. The second kappa shape index (κ2) is 4.42. The van der Waals surface area contributed by atoms with Crippen LogP contribution in [0.5, 0.6) is 0 Å². The van der Waals surface area contributed by atoms with Crippen molar-refractivity contribution in [3.05, 3.63) is 47.5 Å².